The average Bonchev–Trinajstić information content (AvgIpc) is 3.18. The molecule has 0 spiro atoms. The van der Waals surface area contributed by atoms with Crippen molar-refractivity contribution >= 4 is 17.0 Å². The van der Waals surface area contributed by atoms with Crippen molar-refractivity contribution in [2.24, 2.45) is 14.1 Å². The second kappa shape index (κ2) is 6.73. The number of imidazole rings is 2. The number of aromatic nitrogens is 4. The third-order valence-electron chi connectivity index (χ3n) is 5.12. The molecule has 2 aromatic heterocycles. The predicted molar refractivity (Wildman–Crippen MR) is 107 cm³/mol. The molecule has 0 atom stereocenters. The van der Waals surface area contributed by atoms with Crippen LogP contribution in [0.1, 0.15) is 5.56 Å². The quantitative estimate of drug-likeness (QED) is 0.577. The van der Waals surface area contributed by atoms with Gasteiger partial charge in [-0.15, -0.1) is 0 Å². The summed E-state index contributed by atoms with van der Waals surface area (Å²) in [5.41, 5.74) is 4.36. The molecule has 7 nitrogen and oxygen atoms in total. The Hall–Kier alpha value is -3.68. The van der Waals surface area contributed by atoms with Crippen LogP contribution in [0.25, 0.3) is 33.5 Å². The van der Waals surface area contributed by atoms with Gasteiger partial charge in [0.2, 0.25) is 0 Å². The lowest BCUT2D eigenvalue weighted by atomic mass is 10.0. The summed E-state index contributed by atoms with van der Waals surface area (Å²) >= 11 is 0. The fourth-order valence-corrected chi connectivity index (χ4v) is 3.61. The number of benzene rings is 2. The van der Waals surface area contributed by atoms with E-state index in [1.165, 1.54) is 12.4 Å². The molecule has 0 radical (unpaired) electrons. The topological polar surface area (TPSA) is 82.1 Å². The van der Waals surface area contributed by atoms with Crippen molar-refractivity contribution in [1.29, 1.82) is 0 Å². The standard InChI is InChI=1S/C21H19FN4O3/c1-12-8-13(4-6-15(12)22)19-20(26(11-23-19)10-18(27)28)14-5-7-16-17(9-14)25(3)21(29)24(16)2/h4-9,11H,10H2,1-3H3,(H,27,28). The maximum atomic E-state index is 13.7. The van der Waals surface area contributed by atoms with Gasteiger partial charge in [-0.25, -0.2) is 14.2 Å². The van der Waals surface area contributed by atoms with Crippen molar-refractivity contribution in [3.05, 3.63) is 64.6 Å². The Morgan fingerprint density at radius 2 is 1.76 bits per heavy atom. The van der Waals surface area contributed by atoms with Gasteiger partial charge >= 0.3 is 11.7 Å². The molecule has 0 saturated heterocycles. The molecule has 1 N–H and O–H groups in total. The molecule has 0 aliphatic carbocycles. The number of carbonyl (C=O) groups is 1. The molecule has 4 rings (SSSR count). The number of aryl methyl sites for hydroxylation is 3. The zero-order valence-corrected chi connectivity index (χ0v) is 16.2. The van der Waals surface area contributed by atoms with Crippen LogP contribution >= 0.6 is 0 Å². The van der Waals surface area contributed by atoms with Gasteiger partial charge in [0.15, 0.2) is 0 Å². The first kappa shape index (κ1) is 18.7. The van der Waals surface area contributed by atoms with Crippen LogP contribution in [-0.4, -0.2) is 29.8 Å². The van der Waals surface area contributed by atoms with Crippen LogP contribution in [-0.2, 0) is 25.4 Å². The van der Waals surface area contributed by atoms with Crippen LogP contribution < -0.4 is 5.69 Å². The second-order valence-electron chi connectivity index (χ2n) is 7.03. The van der Waals surface area contributed by atoms with E-state index in [0.29, 0.717) is 22.5 Å². The number of fused-ring (bicyclic) bond motifs is 1. The fraction of sp³-hybridized carbons (Fsp3) is 0.190. The van der Waals surface area contributed by atoms with Crippen LogP contribution in [0.5, 0.6) is 0 Å². The van der Waals surface area contributed by atoms with Crippen molar-refractivity contribution in [3.63, 3.8) is 0 Å². The number of rotatable bonds is 4. The predicted octanol–water partition coefficient (Wildman–Crippen LogP) is 2.94. The van der Waals surface area contributed by atoms with Gasteiger partial charge in [-0.2, -0.15) is 0 Å². The van der Waals surface area contributed by atoms with Crippen LogP contribution in [0.4, 0.5) is 4.39 Å². The molecule has 4 aromatic rings. The lowest BCUT2D eigenvalue weighted by molar-refractivity contribution is -0.137. The monoisotopic (exact) mass is 394 g/mol. The highest BCUT2D eigenvalue weighted by Gasteiger charge is 2.19. The summed E-state index contributed by atoms with van der Waals surface area (Å²) in [4.78, 5) is 28.0. The Morgan fingerprint density at radius 1 is 1.07 bits per heavy atom. The largest absolute Gasteiger partial charge is 0.480 e. The highest BCUT2D eigenvalue weighted by molar-refractivity contribution is 5.87. The van der Waals surface area contributed by atoms with Gasteiger partial charge in [-0.3, -0.25) is 13.9 Å². The summed E-state index contributed by atoms with van der Waals surface area (Å²) in [6.45, 7) is 1.40. The molecule has 2 aromatic carbocycles. The molecule has 0 aliphatic heterocycles. The van der Waals surface area contributed by atoms with Gasteiger partial charge in [0.25, 0.3) is 0 Å². The SMILES string of the molecule is Cc1cc(-c2ncn(CC(=O)O)c2-c2ccc3c(c2)n(C)c(=O)n3C)ccc1F. The summed E-state index contributed by atoms with van der Waals surface area (Å²) in [6, 6.07) is 10.2. The third kappa shape index (κ3) is 3.02. The molecule has 2 heterocycles. The first-order chi connectivity index (χ1) is 13.8. The van der Waals surface area contributed by atoms with Crippen molar-refractivity contribution in [1.82, 2.24) is 18.7 Å². The first-order valence-electron chi connectivity index (χ1n) is 8.97. The van der Waals surface area contributed by atoms with Crippen molar-refractivity contribution in [3.8, 4) is 22.5 Å². The summed E-state index contributed by atoms with van der Waals surface area (Å²) < 4.78 is 18.4. The Morgan fingerprint density at radius 3 is 2.45 bits per heavy atom. The lowest BCUT2D eigenvalue weighted by Gasteiger charge is -2.10. The molecule has 29 heavy (non-hydrogen) atoms. The number of hydrogen-bond acceptors (Lipinski definition) is 3. The summed E-state index contributed by atoms with van der Waals surface area (Å²) in [5, 5.41) is 9.31. The normalized spacial score (nSPS) is 11.3. The van der Waals surface area contributed by atoms with Gasteiger partial charge < -0.3 is 9.67 Å². The fourth-order valence-electron chi connectivity index (χ4n) is 3.61. The summed E-state index contributed by atoms with van der Waals surface area (Å²) in [7, 11) is 3.39. The van der Waals surface area contributed by atoms with E-state index < -0.39 is 5.97 Å². The van der Waals surface area contributed by atoms with E-state index in [-0.39, 0.29) is 18.1 Å². The molecule has 148 valence electrons. The molecular formula is C21H19FN4O3. The Kier molecular flexibility index (Phi) is 4.34. The van der Waals surface area contributed by atoms with E-state index >= 15 is 0 Å². The van der Waals surface area contributed by atoms with Gasteiger partial charge in [-0.05, 0) is 42.8 Å². The van der Waals surface area contributed by atoms with Gasteiger partial charge in [0.05, 0.1) is 28.7 Å². The number of carboxylic acid groups (broad SMARTS) is 1. The van der Waals surface area contributed by atoms with E-state index in [1.807, 2.05) is 18.2 Å². The maximum Gasteiger partial charge on any atom is 0.328 e. The van der Waals surface area contributed by atoms with Gasteiger partial charge in [0.1, 0.15) is 12.4 Å². The zero-order chi connectivity index (χ0) is 20.9. The summed E-state index contributed by atoms with van der Waals surface area (Å²) in [5.74, 6) is -1.32. The van der Waals surface area contributed by atoms with Gasteiger partial charge in [-0.1, -0.05) is 6.07 Å². The Bertz CT molecular complexity index is 1330. The van der Waals surface area contributed by atoms with Crippen molar-refractivity contribution in [2.75, 3.05) is 0 Å². The maximum absolute atomic E-state index is 13.7. The molecular weight excluding hydrogens is 375 g/mol. The minimum Gasteiger partial charge on any atom is -0.480 e. The van der Waals surface area contributed by atoms with Crippen molar-refractivity contribution in [2.45, 2.75) is 13.5 Å². The summed E-state index contributed by atoms with van der Waals surface area (Å²) in [6.07, 6.45) is 1.46. The number of carboxylic acids is 1. The minimum absolute atomic E-state index is 0.148. The molecule has 0 amide bonds. The van der Waals surface area contributed by atoms with E-state index in [4.69, 9.17) is 0 Å². The van der Waals surface area contributed by atoms with E-state index in [9.17, 15) is 19.1 Å². The molecule has 0 unspecified atom stereocenters. The number of nitrogens with zero attached hydrogens (tertiary/aromatic N) is 4. The van der Waals surface area contributed by atoms with Crippen molar-refractivity contribution < 1.29 is 14.3 Å². The lowest BCUT2D eigenvalue weighted by Crippen LogP contribution is -2.19. The highest BCUT2D eigenvalue weighted by atomic mass is 19.1. The minimum atomic E-state index is -1.00. The number of halogens is 1. The van der Waals surface area contributed by atoms with E-state index in [2.05, 4.69) is 4.98 Å². The Labute approximate surface area is 165 Å². The van der Waals surface area contributed by atoms with E-state index in [0.717, 1.165) is 16.6 Å². The van der Waals surface area contributed by atoms with E-state index in [1.54, 1.807) is 46.9 Å². The third-order valence-corrected chi connectivity index (χ3v) is 5.12. The van der Waals surface area contributed by atoms with Crippen LogP contribution in [0.15, 0.2) is 47.5 Å². The molecule has 0 aliphatic rings. The highest BCUT2D eigenvalue weighted by Crippen LogP contribution is 2.33. The van der Waals surface area contributed by atoms with Crippen LogP contribution in [0.2, 0.25) is 0 Å². The molecule has 0 bridgehead atoms. The van der Waals surface area contributed by atoms with Crippen LogP contribution in [0, 0.1) is 12.7 Å². The van der Waals surface area contributed by atoms with Crippen LogP contribution in [0.3, 0.4) is 0 Å². The Balaban J connectivity index is 1.98. The molecule has 0 saturated carbocycles. The smallest absolute Gasteiger partial charge is 0.328 e. The molecule has 0 fully saturated rings. The van der Waals surface area contributed by atoms with Gasteiger partial charge in [0, 0.05) is 25.2 Å². The number of hydrogen-bond donors (Lipinski definition) is 1. The molecule has 8 heteroatoms. The second-order valence-corrected chi connectivity index (χ2v) is 7.03. The first-order valence-corrected chi connectivity index (χ1v) is 8.97. The zero-order valence-electron chi connectivity index (χ0n) is 16.2. The average molecular weight is 394 g/mol. The number of aliphatic carboxylic acids is 1.